The molecule has 4 heterocycles. The fourth-order valence-electron chi connectivity index (χ4n) is 8.34. The summed E-state index contributed by atoms with van der Waals surface area (Å²) in [4.78, 5) is 61.5. The maximum absolute atomic E-state index is 13.4. The average molecular weight is 834 g/mol. The number of methoxy groups -OCH3 is 1. The predicted molar refractivity (Wildman–Crippen MR) is 225 cm³/mol. The molecule has 15 heteroatoms. The van der Waals surface area contributed by atoms with E-state index in [4.69, 9.17) is 9.72 Å². The van der Waals surface area contributed by atoms with Crippen molar-refractivity contribution < 1.29 is 37.1 Å². The molecule has 5 aromatic rings. The van der Waals surface area contributed by atoms with Crippen LogP contribution in [-0.4, -0.2) is 91.0 Å². The summed E-state index contributed by atoms with van der Waals surface area (Å²) in [5.74, 6) is 0.841. The van der Waals surface area contributed by atoms with E-state index in [9.17, 15) is 32.3 Å². The summed E-state index contributed by atoms with van der Waals surface area (Å²) in [6, 6.07) is 26.0. The zero-order valence-corrected chi connectivity index (χ0v) is 33.8. The van der Waals surface area contributed by atoms with Gasteiger partial charge in [-0.3, -0.25) is 24.6 Å². The highest BCUT2D eigenvalue weighted by Crippen LogP contribution is 2.35. The number of fused-ring (bicyclic) bond motifs is 1. The van der Waals surface area contributed by atoms with Crippen molar-refractivity contribution in [3.05, 3.63) is 119 Å². The number of carbonyl (C=O) groups excluding carboxylic acids is 4. The molecule has 0 saturated carbocycles. The van der Waals surface area contributed by atoms with Gasteiger partial charge in [-0.05, 0) is 96.3 Å². The SMILES string of the molecule is COc1ccc(C(=O)N2CC(CN3CCC(Nc4cccc([C@H](C)NC(=O)c5ccc6c(-c7ccc(C(F)(F)F)cc7)cccc6c5)n4)CC3)C2)cc1N1CCC(=O)NC1=O. The van der Waals surface area contributed by atoms with Gasteiger partial charge in [0.2, 0.25) is 5.91 Å². The van der Waals surface area contributed by atoms with Crippen LogP contribution in [0.3, 0.4) is 0 Å². The van der Waals surface area contributed by atoms with Crippen LogP contribution in [0.4, 0.5) is 29.5 Å². The molecule has 0 bridgehead atoms. The molecule has 3 fully saturated rings. The van der Waals surface area contributed by atoms with E-state index in [-0.39, 0.29) is 42.8 Å². The van der Waals surface area contributed by atoms with Crippen molar-refractivity contribution in [2.24, 2.45) is 5.92 Å². The Morgan fingerprint density at radius 1 is 0.902 bits per heavy atom. The van der Waals surface area contributed by atoms with Crippen LogP contribution < -0.4 is 25.6 Å². The highest BCUT2D eigenvalue weighted by Gasteiger charge is 2.35. The highest BCUT2D eigenvalue weighted by molar-refractivity contribution is 6.07. The number of likely N-dealkylation sites (tertiary alicyclic amines) is 2. The van der Waals surface area contributed by atoms with Gasteiger partial charge >= 0.3 is 12.2 Å². The number of amides is 5. The van der Waals surface area contributed by atoms with E-state index >= 15 is 0 Å². The van der Waals surface area contributed by atoms with Crippen LogP contribution in [0.25, 0.3) is 21.9 Å². The summed E-state index contributed by atoms with van der Waals surface area (Å²) >= 11 is 0. The fourth-order valence-corrected chi connectivity index (χ4v) is 8.34. The molecule has 0 spiro atoms. The molecule has 1 atom stereocenters. The van der Waals surface area contributed by atoms with Gasteiger partial charge in [0.1, 0.15) is 11.6 Å². The average Bonchev–Trinajstić information content (AvgIpc) is 3.24. The van der Waals surface area contributed by atoms with Gasteiger partial charge in [-0.25, -0.2) is 9.78 Å². The first kappa shape index (κ1) is 41.3. The lowest BCUT2D eigenvalue weighted by Crippen LogP contribution is -2.55. The number of urea groups is 1. The number of nitrogens with zero attached hydrogens (tertiary/aromatic N) is 4. The summed E-state index contributed by atoms with van der Waals surface area (Å²) in [5.41, 5.74) is 2.81. The Morgan fingerprint density at radius 3 is 2.36 bits per heavy atom. The lowest BCUT2D eigenvalue weighted by atomic mass is 9.96. The molecular formula is C46H46F3N7O5. The second-order valence-corrected chi connectivity index (χ2v) is 15.9. The number of benzene rings is 4. The van der Waals surface area contributed by atoms with Crippen LogP contribution in [-0.2, 0) is 11.0 Å². The second-order valence-electron chi connectivity index (χ2n) is 15.9. The Hall–Kier alpha value is -6.48. The van der Waals surface area contributed by atoms with E-state index < -0.39 is 17.8 Å². The van der Waals surface area contributed by atoms with Crippen molar-refractivity contribution in [1.82, 2.24) is 25.4 Å². The van der Waals surface area contributed by atoms with Crippen molar-refractivity contribution in [3.8, 4) is 16.9 Å². The number of hydrogen-bond acceptors (Lipinski definition) is 8. The zero-order chi connectivity index (χ0) is 42.8. The number of aromatic nitrogens is 1. The van der Waals surface area contributed by atoms with Crippen molar-refractivity contribution >= 4 is 46.0 Å². The van der Waals surface area contributed by atoms with E-state index in [0.717, 1.165) is 66.8 Å². The number of alkyl halides is 3. The van der Waals surface area contributed by atoms with Crippen molar-refractivity contribution in [3.63, 3.8) is 0 Å². The maximum Gasteiger partial charge on any atom is 0.416 e. The molecule has 3 saturated heterocycles. The standard InChI is InChI=1S/C46H46F3N7O5/c1-28(50-43(58)32-11-15-37-31(23-32)5-3-6-36(37)30-9-13-34(14-10-30)46(47,48)49)38-7-4-8-41(52-38)51-35-17-20-54(21-18-35)25-29-26-55(27-29)44(59)33-12-16-40(61-2)39(24-33)56-22-19-42(57)53-45(56)60/h3-16,23-24,28-29,35H,17-22,25-27H2,1-2H3,(H,50,58)(H,51,52)(H,53,57,60)/t28-/m0/s1. The summed E-state index contributed by atoms with van der Waals surface area (Å²) in [6.45, 7) is 6.11. The largest absolute Gasteiger partial charge is 0.495 e. The van der Waals surface area contributed by atoms with Gasteiger partial charge in [0.15, 0.2) is 0 Å². The molecule has 4 aromatic carbocycles. The number of piperidine rings is 1. The molecule has 0 aliphatic carbocycles. The lowest BCUT2D eigenvalue weighted by molar-refractivity contribution is -0.137. The summed E-state index contributed by atoms with van der Waals surface area (Å²) in [6.07, 6.45) is -2.38. The number of hydrogen-bond donors (Lipinski definition) is 3. The molecule has 3 aliphatic rings. The summed E-state index contributed by atoms with van der Waals surface area (Å²) in [5, 5.41) is 10.6. The second kappa shape index (κ2) is 17.2. The first-order valence-electron chi connectivity index (χ1n) is 20.4. The summed E-state index contributed by atoms with van der Waals surface area (Å²) in [7, 11) is 1.50. The fraction of sp³-hybridized carbons (Fsp3) is 0.326. The van der Waals surface area contributed by atoms with Crippen LogP contribution in [0.15, 0.2) is 97.1 Å². The Labute approximate surface area is 351 Å². The Kier molecular flexibility index (Phi) is 11.7. The number of pyridine rings is 1. The minimum atomic E-state index is -4.41. The van der Waals surface area contributed by atoms with Crippen molar-refractivity contribution in [2.45, 2.75) is 44.4 Å². The normalized spacial score (nSPS) is 17.1. The minimum Gasteiger partial charge on any atom is -0.495 e. The van der Waals surface area contributed by atoms with Crippen LogP contribution in [0, 0.1) is 5.92 Å². The summed E-state index contributed by atoms with van der Waals surface area (Å²) < 4.78 is 44.8. The number of carbonyl (C=O) groups is 4. The predicted octanol–water partition coefficient (Wildman–Crippen LogP) is 7.52. The number of anilines is 2. The molecule has 3 aliphatic heterocycles. The van der Waals surface area contributed by atoms with E-state index in [0.29, 0.717) is 52.8 Å². The topological polar surface area (TPSA) is 136 Å². The van der Waals surface area contributed by atoms with Gasteiger partial charge < -0.3 is 25.2 Å². The van der Waals surface area contributed by atoms with E-state index in [1.54, 1.807) is 30.3 Å². The maximum atomic E-state index is 13.4. The third-order valence-electron chi connectivity index (χ3n) is 11.7. The van der Waals surface area contributed by atoms with Gasteiger partial charge in [0.05, 0.1) is 30.1 Å². The van der Waals surface area contributed by atoms with Crippen LogP contribution in [0.2, 0.25) is 0 Å². The highest BCUT2D eigenvalue weighted by atomic mass is 19.4. The van der Waals surface area contributed by atoms with E-state index in [1.807, 2.05) is 54.3 Å². The molecule has 0 radical (unpaired) electrons. The number of ether oxygens (including phenoxy) is 1. The van der Waals surface area contributed by atoms with Gasteiger partial charge in [0.25, 0.3) is 11.8 Å². The third kappa shape index (κ3) is 9.16. The first-order chi connectivity index (χ1) is 29.3. The minimum absolute atomic E-state index is 0.107. The lowest BCUT2D eigenvalue weighted by Gasteiger charge is -2.43. The van der Waals surface area contributed by atoms with E-state index in [2.05, 4.69) is 20.9 Å². The third-order valence-corrected chi connectivity index (χ3v) is 11.7. The van der Waals surface area contributed by atoms with Crippen LogP contribution >= 0.6 is 0 Å². The molecule has 8 rings (SSSR count). The number of imide groups is 1. The van der Waals surface area contributed by atoms with Crippen LogP contribution in [0.5, 0.6) is 5.75 Å². The van der Waals surface area contributed by atoms with E-state index in [1.165, 1.54) is 24.1 Å². The molecule has 1 aromatic heterocycles. The molecule has 61 heavy (non-hydrogen) atoms. The van der Waals surface area contributed by atoms with Gasteiger partial charge in [0, 0.05) is 68.8 Å². The van der Waals surface area contributed by atoms with Crippen LogP contribution in [0.1, 0.15) is 64.2 Å². The Bertz CT molecular complexity index is 2460. The Morgan fingerprint density at radius 2 is 1.64 bits per heavy atom. The number of rotatable bonds is 11. The number of halogens is 3. The molecule has 0 unspecified atom stereocenters. The molecular weight excluding hydrogens is 788 g/mol. The van der Waals surface area contributed by atoms with Gasteiger partial charge in [-0.2, -0.15) is 13.2 Å². The van der Waals surface area contributed by atoms with Gasteiger partial charge in [-0.1, -0.05) is 42.5 Å². The number of nitrogens with one attached hydrogen (secondary N) is 3. The molecule has 316 valence electrons. The van der Waals surface area contributed by atoms with Gasteiger partial charge in [-0.15, -0.1) is 0 Å². The molecule has 3 N–H and O–H groups in total. The molecule has 5 amide bonds. The smallest absolute Gasteiger partial charge is 0.416 e. The van der Waals surface area contributed by atoms with Crippen molar-refractivity contribution in [2.75, 3.05) is 56.6 Å². The monoisotopic (exact) mass is 833 g/mol. The zero-order valence-electron chi connectivity index (χ0n) is 33.8. The quantitative estimate of drug-likeness (QED) is 0.125. The van der Waals surface area contributed by atoms with Crippen molar-refractivity contribution in [1.29, 1.82) is 0 Å². The Balaban J connectivity index is 0.802. The molecule has 12 nitrogen and oxygen atoms in total. The first-order valence-corrected chi connectivity index (χ1v) is 20.4.